The van der Waals surface area contributed by atoms with Crippen molar-refractivity contribution in [2.75, 3.05) is 7.11 Å². The number of carboxylic acids is 1. The number of carbonyl (C=O) groups is 1. The summed E-state index contributed by atoms with van der Waals surface area (Å²) in [6.07, 6.45) is 1.58. The summed E-state index contributed by atoms with van der Waals surface area (Å²) in [5.74, 6) is -0.236. The van der Waals surface area contributed by atoms with Crippen LogP contribution in [0.5, 0.6) is 5.75 Å². The zero-order valence-corrected chi connectivity index (χ0v) is 11.7. The maximum atomic E-state index is 11.5. The zero-order valence-electron chi connectivity index (χ0n) is 11.7. The van der Waals surface area contributed by atoms with Crippen molar-refractivity contribution in [1.29, 1.82) is 0 Å². The quantitative estimate of drug-likeness (QED) is 0.802. The van der Waals surface area contributed by atoms with Gasteiger partial charge in [0, 0.05) is 18.0 Å². The molecule has 0 amide bonds. The molecule has 0 atom stereocenters. The highest BCUT2D eigenvalue weighted by atomic mass is 16.5. The van der Waals surface area contributed by atoms with Gasteiger partial charge in [-0.2, -0.15) is 5.10 Å². The van der Waals surface area contributed by atoms with Crippen molar-refractivity contribution in [3.63, 3.8) is 0 Å². The normalized spacial score (nSPS) is 10.8. The van der Waals surface area contributed by atoms with Crippen LogP contribution in [0.25, 0.3) is 21.9 Å². The van der Waals surface area contributed by atoms with Gasteiger partial charge in [-0.1, -0.05) is 24.3 Å². The minimum atomic E-state index is -0.995. The molecule has 5 nitrogen and oxygen atoms in total. The molecule has 0 aliphatic carbocycles. The van der Waals surface area contributed by atoms with Crippen molar-refractivity contribution in [1.82, 2.24) is 9.78 Å². The molecule has 0 bridgehead atoms. The average Bonchev–Trinajstić information content (AvgIpc) is 2.87. The number of nitrogens with zero attached hydrogens (tertiary/aromatic N) is 2. The van der Waals surface area contributed by atoms with Crippen LogP contribution in [0.4, 0.5) is 0 Å². The second-order valence-electron chi connectivity index (χ2n) is 4.70. The lowest BCUT2D eigenvalue weighted by Crippen LogP contribution is -2.06. The molecule has 106 valence electrons. The monoisotopic (exact) mass is 282 g/mol. The number of methoxy groups -OCH3 is 1. The summed E-state index contributed by atoms with van der Waals surface area (Å²) in [7, 11) is 3.24. The van der Waals surface area contributed by atoms with E-state index in [-0.39, 0.29) is 5.69 Å². The Morgan fingerprint density at radius 1 is 1.14 bits per heavy atom. The Bertz CT molecular complexity index is 837. The van der Waals surface area contributed by atoms with Crippen molar-refractivity contribution in [3.05, 3.63) is 48.3 Å². The van der Waals surface area contributed by atoms with Gasteiger partial charge in [-0.25, -0.2) is 4.79 Å². The van der Waals surface area contributed by atoms with Gasteiger partial charge in [0.05, 0.1) is 13.3 Å². The molecule has 5 heteroatoms. The van der Waals surface area contributed by atoms with Crippen molar-refractivity contribution >= 4 is 16.7 Å². The van der Waals surface area contributed by atoms with Gasteiger partial charge < -0.3 is 9.84 Å². The minimum Gasteiger partial charge on any atom is -0.496 e. The number of aromatic nitrogens is 2. The van der Waals surface area contributed by atoms with Crippen LogP contribution in [0.3, 0.4) is 0 Å². The van der Waals surface area contributed by atoms with E-state index in [1.807, 2.05) is 36.4 Å². The molecule has 3 rings (SSSR count). The maximum absolute atomic E-state index is 11.5. The van der Waals surface area contributed by atoms with Crippen LogP contribution in [-0.2, 0) is 7.05 Å². The Morgan fingerprint density at radius 2 is 1.86 bits per heavy atom. The molecule has 0 unspecified atom stereocenters. The molecule has 0 aliphatic rings. The SMILES string of the molecule is COc1ccc(-c2cnn(C)c2C(=O)O)c2ccccc12. The third-order valence-electron chi connectivity index (χ3n) is 3.54. The van der Waals surface area contributed by atoms with E-state index in [0.29, 0.717) is 5.56 Å². The number of ether oxygens (including phenoxy) is 1. The number of benzene rings is 2. The number of rotatable bonds is 3. The highest BCUT2D eigenvalue weighted by molar-refractivity contribution is 6.04. The van der Waals surface area contributed by atoms with E-state index in [0.717, 1.165) is 22.1 Å². The van der Waals surface area contributed by atoms with Gasteiger partial charge in [0.25, 0.3) is 0 Å². The van der Waals surface area contributed by atoms with Gasteiger partial charge in [-0.05, 0) is 23.1 Å². The molecule has 0 aliphatic heterocycles. The Balaban J connectivity index is 2.34. The summed E-state index contributed by atoms with van der Waals surface area (Å²) >= 11 is 0. The van der Waals surface area contributed by atoms with Crippen LogP contribution in [0.1, 0.15) is 10.5 Å². The molecular formula is C16H14N2O3. The molecule has 0 saturated heterocycles. The largest absolute Gasteiger partial charge is 0.496 e. The molecule has 1 heterocycles. The Labute approximate surface area is 121 Å². The first-order chi connectivity index (χ1) is 10.1. The van der Waals surface area contributed by atoms with E-state index in [9.17, 15) is 9.90 Å². The van der Waals surface area contributed by atoms with Gasteiger partial charge in [0.1, 0.15) is 5.75 Å². The fraction of sp³-hybridized carbons (Fsp3) is 0.125. The summed E-state index contributed by atoms with van der Waals surface area (Å²) in [5, 5.41) is 15.3. The van der Waals surface area contributed by atoms with Crippen molar-refractivity contribution in [2.45, 2.75) is 0 Å². The lowest BCUT2D eigenvalue weighted by Gasteiger charge is -2.10. The summed E-state index contributed by atoms with van der Waals surface area (Å²) < 4.78 is 6.74. The summed E-state index contributed by atoms with van der Waals surface area (Å²) in [4.78, 5) is 11.5. The molecule has 21 heavy (non-hydrogen) atoms. The van der Waals surface area contributed by atoms with Crippen molar-refractivity contribution < 1.29 is 14.6 Å². The van der Waals surface area contributed by atoms with Crippen LogP contribution < -0.4 is 4.74 Å². The van der Waals surface area contributed by atoms with E-state index in [4.69, 9.17) is 4.74 Å². The number of aryl methyl sites for hydroxylation is 1. The Hall–Kier alpha value is -2.82. The standard InChI is InChI=1S/C16H14N2O3/c1-18-15(16(19)20)13(9-17-18)11-7-8-14(21-2)12-6-4-3-5-10(11)12/h3-9H,1-2H3,(H,19,20). The van der Waals surface area contributed by atoms with Gasteiger partial charge in [0.2, 0.25) is 0 Å². The lowest BCUT2D eigenvalue weighted by atomic mass is 9.98. The molecule has 0 spiro atoms. The van der Waals surface area contributed by atoms with Gasteiger partial charge in [-0.3, -0.25) is 4.68 Å². The van der Waals surface area contributed by atoms with Crippen molar-refractivity contribution in [2.24, 2.45) is 7.05 Å². The highest BCUT2D eigenvalue weighted by Crippen LogP contribution is 2.35. The molecule has 0 radical (unpaired) electrons. The first-order valence-electron chi connectivity index (χ1n) is 6.45. The topological polar surface area (TPSA) is 64.4 Å². The second kappa shape index (κ2) is 4.94. The zero-order chi connectivity index (χ0) is 15.0. The predicted octanol–water partition coefficient (Wildman–Crippen LogP) is 2.95. The van der Waals surface area contributed by atoms with Crippen LogP contribution in [0.2, 0.25) is 0 Å². The smallest absolute Gasteiger partial charge is 0.354 e. The third kappa shape index (κ3) is 2.03. The molecule has 1 aromatic heterocycles. The van der Waals surface area contributed by atoms with Gasteiger partial charge in [0.15, 0.2) is 5.69 Å². The van der Waals surface area contributed by atoms with E-state index >= 15 is 0 Å². The van der Waals surface area contributed by atoms with E-state index in [1.165, 1.54) is 4.68 Å². The van der Waals surface area contributed by atoms with Crippen LogP contribution in [-0.4, -0.2) is 28.0 Å². The fourth-order valence-electron chi connectivity index (χ4n) is 2.57. The van der Waals surface area contributed by atoms with Crippen molar-refractivity contribution in [3.8, 4) is 16.9 Å². The predicted molar refractivity (Wildman–Crippen MR) is 79.7 cm³/mol. The molecule has 2 aromatic carbocycles. The minimum absolute atomic E-state index is 0.172. The average molecular weight is 282 g/mol. The summed E-state index contributed by atoms with van der Waals surface area (Å²) in [5.41, 5.74) is 1.60. The fourth-order valence-corrected chi connectivity index (χ4v) is 2.57. The highest BCUT2D eigenvalue weighted by Gasteiger charge is 2.19. The van der Waals surface area contributed by atoms with E-state index in [2.05, 4.69) is 5.10 Å². The summed E-state index contributed by atoms with van der Waals surface area (Å²) in [6, 6.07) is 11.5. The molecular weight excluding hydrogens is 268 g/mol. The number of hydrogen-bond acceptors (Lipinski definition) is 3. The molecule has 0 saturated carbocycles. The Morgan fingerprint density at radius 3 is 2.52 bits per heavy atom. The third-order valence-corrected chi connectivity index (χ3v) is 3.54. The second-order valence-corrected chi connectivity index (χ2v) is 4.70. The van der Waals surface area contributed by atoms with E-state index < -0.39 is 5.97 Å². The van der Waals surface area contributed by atoms with Gasteiger partial charge >= 0.3 is 5.97 Å². The van der Waals surface area contributed by atoms with Gasteiger partial charge in [-0.15, -0.1) is 0 Å². The molecule has 0 fully saturated rings. The molecule has 3 aromatic rings. The number of aromatic carboxylic acids is 1. The first kappa shape index (κ1) is 13.2. The van der Waals surface area contributed by atoms with E-state index in [1.54, 1.807) is 20.4 Å². The number of fused-ring (bicyclic) bond motifs is 1. The summed E-state index contributed by atoms with van der Waals surface area (Å²) in [6.45, 7) is 0. The molecule has 1 N–H and O–H groups in total. The van der Waals surface area contributed by atoms with Crippen LogP contribution in [0, 0.1) is 0 Å². The lowest BCUT2D eigenvalue weighted by molar-refractivity contribution is 0.0686. The van der Waals surface area contributed by atoms with Crippen LogP contribution >= 0.6 is 0 Å². The number of carboxylic acid groups (broad SMARTS) is 1. The van der Waals surface area contributed by atoms with Crippen LogP contribution in [0.15, 0.2) is 42.6 Å². The Kier molecular flexibility index (Phi) is 3.10. The number of hydrogen-bond donors (Lipinski definition) is 1. The first-order valence-corrected chi connectivity index (χ1v) is 6.45. The maximum Gasteiger partial charge on any atom is 0.354 e.